The smallest absolute Gasteiger partial charge is 0.164 e. The fourth-order valence-electron chi connectivity index (χ4n) is 3.04. The summed E-state index contributed by atoms with van der Waals surface area (Å²) in [6.07, 6.45) is 6.99. The first kappa shape index (κ1) is 12.3. The molecule has 0 unspecified atom stereocenters. The van der Waals surface area contributed by atoms with Crippen LogP contribution in [0.4, 0.5) is 11.5 Å². The zero-order chi connectivity index (χ0) is 14.2. The summed E-state index contributed by atoms with van der Waals surface area (Å²) in [5.41, 5.74) is 4.85. The standard InChI is InChI=1S/C17H16N4/c1-21(14-8-7-12-4-2-5-13(12)10-14)17-15-6-3-9-18-16(15)19-11-20-17/h3,6-11H,2,4-5H2,1H3. The highest BCUT2D eigenvalue weighted by atomic mass is 15.2. The van der Waals surface area contributed by atoms with Gasteiger partial charge in [-0.3, -0.25) is 0 Å². The molecule has 1 aliphatic rings. The first-order valence-corrected chi connectivity index (χ1v) is 7.24. The van der Waals surface area contributed by atoms with Gasteiger partial charge in [0.05, 0.1) is 5.39 Å². The SMILES string of the molecule is CN(c1ccc2c(c1)CCC2)c1ncnc2ncccc12. The summed E-state index contributed by atoms with van der Waals surface area (Å²) in [6.45, 7) is 0. The van der Waals surface area contributed by atoms with Crippen molar-refractivity contribution in [1.29, 1.82) is 0 Å². The van der Waals surface area contributed by atoms with Gasteiger partial charge < -0.3 is 4.90 Å². The largest absolute Gasteiger partial charge is 0.329 e. The van der Waals surface area contributed by atoms with Crippen LogP contribution in [-0.4, -0.2) is 22.0 Å². The normalized spacial score (nSPS) is 13.4. The van der Waals surface area contributed by atoms with Gasteiger partial charge in [-0.2, -0.15) is 0 Å². The topological polar surface area (TPSA) is 41.9 Å². The van der Waals surface area contributed by atoms with E-state index in [1.165, 1.54) is 36.1 Å². The third-order valence-corrected chi connectivity index (χ3v) is 4.17. The molecule has 104 valence electrons. The molecule has 21 heavy (non-hydrogen) atoms. The second kappa shape index (κ2) is 4.81. The van der Waals surface area contributed by atoms with E-state index in [1.807, 2.05) is 19.2 Å². The fraction of sp³-hybridized carbons (Fsp3) is 0.235. The Hall–Kier alpha value is -2.49. The highest BCUT2D eigenvalue weighted by Crippen LogP contribution is 2.31. The molecular weight excluding hydrogens is 260 g/mol. The van der Waals surface area contributed by atoms with Gasteiger partial charge in [0.1, 0.15) is 12.1 Å². The summed E-state index contributed by atoms with van der Waals surface area (Å²) in [4.78, 5) is 15.1. The van der Waals surface area contributed by atoms with Crippen LogP contribution in [0.1, 0.15) is 17.5 Å². The maximum atomic E-state index is 4.45. The quantitative estimate of drug-likeness (QED) is 0.720. The van der Waals surface area contributed by atoms with Crippen LogP contribution in [0.15, 0.2) is 42.9 Å². The van der Waals surface area contributed by atoms with E-state index in [0.29, 0.717) is 0 Å². The van der Waals surface area contributed by atoms with Crippen LogP contribution in [0.2, 0.25) is 0 Å². The summed E-state index contributed by atoms with van der Waals surface area (Å²) in [5.74, 6) is 0.894. The molecule has 0 fully saturated rings. The molecule has 2 aromatic heterocycles. The van der Waals surface area contributed by atoms with Crippen molar-refractivity contribution in [2.75, 3.05) is 11.9 Å². The Morgan fingerprint density at radius 2 is 1.90 bits per heavy atom. The molecule has 0 bridgehead atoms. The molecule has 4 heteroatoms. The monoisotopic (exact) mass is 276 g/mol. The molecule has 0 amide bonds. The maximum absolute atomic E-state index is 4.45. The number of rotatable bonds is 2. The zero-order valence-corrected chi connectivity index (χ0v) is 12.0. The maximum Gasteiger partial charge on any atom is 0.164 e. The van der Waals surface area contributed by atoms with E-state index >= 15 is 0 Å². The van der Waals surface area contributed by atoms with E-state index in [1.54, 1.807) is 12.5 Å². The summed E-state index contributed by atoms with van der Waals surface area (Å²) >= 11 is 0. The lowest BCUT2D eigenvalue weighted by molar-refractivity contribution is 0.911. The molecule has 0 N–H and O–H groups in total. The van der Waals surface area contributed by atoms with Crippen LogP contribution in [0.3, 0.4) is 0 Å². The van der Waals surface area contributed by atoms with Crippen LogP contribution in [0.25, 0.3) is 11.0 Å². The molecule has 0 saturated carbocycles. The van der Waals surface area contributed by atoms with Gasteiger partial charge in [0, 0.05) is 18.9 Å². The van der Waals surface area contributed by atoms with Crippen LogP contribution in [0.5, 0.6) is 0 Å². The molecule has 0 spiro atoms. The Kier molecular flexibility index (Phi) is 2.81. The minimum atomic E-state index is 0.732. The lowest BCUT2D eigenvalue weighted by Gasteiger charge is -2.20. The van der Waals surface area contributed by atoms with Gasteiger partial charge in [-0.15, -0.1) is 0 Å². The highest BCUT2D eigenvalue weighted by molar-refractivity contribution is 5.88. The number of benzene rings is 1. The number of nitrogens with zero attached hydrogens (tertiary/aromatic N) is 4. The average molecular weight is 276 g/mol. The summed E-state index contributed by atoms with van der Waals surface area (Å²) < 4.78 is 0. The molecule has 0 radical (unpaired) electrons. The number of fused-ring (bicyclic) bond motifs is 2. The first-order chi connectivity index (χ1) is 10.3. The second-order valence-electron chi connectivity index (χ2n) is 5.44. The number of aromatic nitrogens is 3. The fourth-order valence-corrected chi connectivity index (χ4v) is 3.04. The molecule has 2 heterocycles. The molecular formula is C17H16N4. The van der Waals surface area contributed by atoms with Gasteiger partial charge in [0.25, 0.3) is 0 Å². The highest BCUT2D eigenvalue weighted by Gasteiger charge is 2.15. The van der Waals surface area contributed by atoms with E-state index in [2.05, 4.69) is 38.1 Å². The van der Waals surface area contributed by atoms with Crippen LogP contribution in [0, 0.1) is 0 Å². The number of aryl methyl sites for hydroxylation is 2. The number of hydrogen-bond donors (Lipinski definition) is 0. The molecule has 0 saturated heterocycles. The lowest BCUT2D eigenvalue weighted by Crippen LogP contribution is -2.12. The van der Waals surface area contributed by atoms with E-state index in [9.17, 15) is 0 Å². The predicted molar refractivity (Wildman–Crippen MR) is 83.9 cm³/mol. The number of hydrogen-bond acceptors (Lipinski definition) is 4. The van der Waals surface area contributed by atoms with Crippen molar-refractivity contribution in [3.8, 4) is 0 Å². The molecule has 4 nitrogen and oxygen atoms in total. The summed E-state index contributed by atoms with van der Waals surface area (Å²) in [6, 6.07) is 10.6. The molecule has 4 rings (SSSR count). The Morgan fingerprint density at radius 1 is 1.00 bits per heavy atom. The molecule has 3 aromatic rings. The number of anilines is 2. The van der Waals surface area contributed by atoms with Crippen molar-refractivity contribution in [3.63, 3.8) is 0 Å². The number of pyridine rings is 1. The molecule has 1 aliphatic carbocycles. The van der Waals surface area contributed by atoms with Crippen molar-refractivity contribution in [2.45, 2.75) is 19.3 Å². The Labute approximate surface area is 123 Å². The van der Waals surface area contributed by atoms with Gasteiger partial charge in [-0.05, 0) is 54.7 Å². The van der Waals surface area contributed by atoms with Gasteiger partial charge >= 0.3 is 0 Å². The van der Waals surface area contributed by atoms with Crippen molar-refractivity contribution < 1.29 is 0 Å². The van der Waals surface area contributed by atoms with Gasteiger partial charge in [0.15, 0.2) is 5.65 Å². The Bertz CT molecular complexity index is 807. The predicted octanol–water partition coefficient (Wildman–Crippen LogP) is 3.28. The Balaban J connectivity index is 1.81. The van der Waals surface area contributed by atoms with Crippen LogP contribution < -0.4 is 4.90 Å². The van der Waals surface area contributed by atoms with Gasteiger partial charge in [-0.1, -0.05) is 6.07 Å². The van der Waals surface area contributed by atoms with Gasteiger partial charge in [0.2, 0.25) is 0 Å². The third kappa shape index (κ3) is 2.03. The molecule has 0 atom stereocenters. The van der Waals surface area contributed by atoms with Crippen LogP contribution >= 0.6 is 0 Å². The second-order valence-corrected chi connectivity index (χ2v) is 5.44. The summed E-state index contributed by atoms with van der Waals surface area (Å²) in [5, 5.41) is 0.975. The minimum Gasteiger partial charge on any atom is -0.329 e. The molecule has 1 aromatic carbocycles. The Morgan fingerprint density at radius 3 is 2.86 bits per heavy atom. The van der Waals surface area contributed by atoms with Gasteiger partial charge in [-0.25, -0.2) is 15.0 Å². The van der Waals surface area contributed by atoms with Crippen molar-refractivity contribution in [1.82, 2.24) is 15.0 Å². The van der Waals surface area contributed by atoms with Crippen molar-refractivity contribution in [2.24, 2.45) is 0 Å². The van der Waals surface area contributed by atoms with E-state index in [4.69, 9.17) is 0 Å². The van der Waals surface area contributed by atoms with E-state index in [0.717, 1.165) is 16.9 Å². The molecule has 0 aliphatic heterocycles. The average Bonchev–Trinajstić information content (AvgIpc) is 3.01. The van der Waals surface area contributed by atoms with Crippen molar-refractivity contribution in [3.05, 3.63) is 54.0 Å². The van der Waals surface area contributed by atoms with E-state index < -0.39 is 0 Å². The van der Waals surface area contributed by atoms with Crippen molar-refractivity contribution >= 4 is 22.5 Å². The van der Waals surface area contributed by atoms with E-state index in [-0.39, 0.29) is 0 Å². The third-order valence-electron chi connectivity index (χ3n) is 4.17. The first-order valence-electron chi connectivity index (χ1n) is 7.24. The minimum absolute atomic E-state index is 0.732. The lowest BCUT2D eigenvalue weighted by atomic mass is 10.1. The van der Waals surface area contributed by atoms with Crippen LogP contribution in [-0.2, 0) is 12.8 Å². The zero-order valence-electron chi connectivity index (χ0n) is 12.0. The summed E-state index contributed by atoms with van der Waals surface area (Å²) in [7, 11) is 2.05.